The molecule has 0 amide bonds. The highest BCUT2D eigenvalue weighted by atomic mass is 16.3. The molecule has 3 atom stereocenters. The molecule has 1 saturated carbocycles. The molecular formula is C21H38O. The monoisotopic (exact) mass is 306 g/mol. The first-order valence-corrected chi connectivity index (χ1v) is 9.77. The van der Waals surface area contributed by atoms with Crippen LogP contribution in [0.15, 0.2) is 24.3 Å². The maximum absolute atomic E-state index is 9.90. The van der Waals surface area contributed by atoms with Crippen LogP contribution in [0.3, 0.4) is 0 Å². The molecule has 1 fully saturated rings. The molecule has 1 rings (SSSR count). The van der Waals surface area contributed by atoms with Crippen LogP contribution in [0.25, 0.3) is 0 Å². The van der Waals surface area contributed by atoms with Gasteiger partial charge in [-0.3, -0.25) is 0 Å². The van der Waals surface area contributed by atoms with Gasteiger partial charge >= 0.3 is 0 Å². The molecule has 0 heterocycles. The van der Waals surface area contributed by atoms with Gasteiger partial charge in [0.25, 0.3) is 0 Å². The Morgan fingerprint density at radius 2 is 1.68 bits per heavy atom. The van der Waals surface area contributed by atoms with Crippen LogP contribution in [0.4, 0.5) is 0 Å². The Morgan fingerprint density at radius 1 is 0.909 bits per heavy atom. The Kier molecular flexibility index (Phi) is 11.5. The number of allylic oxidation sites excluding steroid dienone is 3. The lowest BCUT2D eigenvalue weighted by Gasteiger charge is -2.04. The highest BCUT2D eigenvalue weighted by molar-refractivity contribution is 4.97. The SMILES string of the molecule is CCCC/C=C\CC[C@@H]1C[C@@H]1C/C=C/[C@H](O)CCCCCC. The molecule has 0 bridgehead atoms. The van der Waals surface area contributed by atoms with Gasteiger partial charge in [-0.05, 0) is 50.4 Å². The van der Waals surface area contributed by atoms with Crippen LogP contribution in [0, 0.1) is 11.8 Å². The topological polar surface area (TPSA) is 20.2 Å². The van der Waals surface area contributed by atoms with E-state index in [2.05, 4.69) is 32.1 Å². The summed E-state index contributed by atoms with van der Waals surface area (Å²) in [6, 6.07) is 0. The molecule has 1 nitrogen and oxygen atoms in total. The summed E-state index contributed by atoms with van der Waals surface area (Å²) in [5.41, 5.74) is 0. The lowest BCUT2D eigenvalue weighted by Crippen LogP contribution is -2.01. The lowest BCUT2D eigenvalue weighted by molar-refractivity contribution is 0.207. The second-order valence-electron chi connectivity index (χ2n) is 7.03. The third-order valence-corrected chi connectivity index (χ3v) is 4.81. The van der Waals surface area contributed by atoms with E-state index in [0.717, 1.165) is 24.7 Å². The van der Waals surface area contributed by atoms with Crippen LogP contribution in [0.5, 0.6) is 0 Å². The van der Waals surface area contributed by atoms with Crippen molar-refractivity contribution in [3.8, 4) is 0 Å². The molecule has 1 aliphatic carbocycles. The molecule has 1 aliphatic rings. The van der Waals surface area contributed by atoms with Crippen molar-refractivity contribution in [2.45, 2.75) is 97.0 Å². The van der Waals surface area contributed by atoms with E-state index in [-0.39, 0.29) is 6.10 Å². The number of hydrogen-bond acceptors (Lipinski definition) is 1. The predicted molar refractivity (Wildman–Crippen MR) is 98.0 cm³/mol. The number of aliphatic hydroxyl groups excluding tert-OH is 1. The van der Waals surface area contributed by atoms with Crippen molar-refractivity contribution in [2.24, 2.45) is 11.8 Å². The van der Waals surface area contributed by atoms with Gasteiger partial charge in [0.2, 0.25) is 0 Å². The fourth-order valence-electron chi connectivity index (χ4n) is 3.11. The minimum atomic E-state index is -0.212. The van der Waals surface area contributed by atoms with Crippen molar-refractivity contribution in [1.29, 1.82) is 0 Å². The molecule has 0 aliphatic heterocycles. The normalized spacial score (nSPS) is 22.7. The number of rotatable bonds is 14. The highest BCUT2D eigenvalue weighted by Gasteiger charge is 2.34. The minimum absolute atomic E-state index is 0.212. The van der Waals surface area contributed by atoms with E-state index >= 15 is 0 Å². The second-order valence-corrected chi connectivity index (χ2v) is 7.03. The van der Waals surface area contributed by atoms with Crippen molar-refractivity contribution in [2.75, 3.05) is 0 Å². The van der Waals surface area contributed by atoms with Crippen LogP contribution in [0.1, 0.15) is 90.9 Å². The van der Waals surface area contributed by atoms with Crippen molar-refractivity contribution < 1.29 is 5.11 Å². The molecule has 0 aromatic rings. The van der Waals surface area contributed by atoms with Gasteiger partial charge in [0.15, 0.2) is 0 Å². The number of unbranched alkanes of at least 4 members (excludes halogenated alkanes) is 5. The first-order valence-electron chi connectivity index (χ1n) is 9.77. The maximum atomic E-state index is 9.90. The third kappa shape index (κ3) is 10.2. The van der Waals surface area contributed by atoms with Gasteiger partial charge in [0, 0.05) is 0 Å². The summed E-state index contributed by atoms with van der Waals surface area (Å²) in [5.74, 6) is 1.84. The third-order valence-electron chi connectivity index (χ3n) is 4.81. The first kappa shape index (κ1) is 19.5. The Bertz CT molecular complexity index is 305. The van der Waals surface area contributed by atoms with Crippen molar-refractivity contribution in [3.63, 3.8) is 0 Å². The minimum Gasteiger partial charge on any atom is -0.389 e. The summed E-state index contributed by atoms with van der Waals surface area (Å²) in [6.07, 6.45) is 23.8. The molecule has 0 radical (unpaired) electrons. The molecule has 22 heavy (non-hydrogen) atoms. The number of hydrogen-bond donors (Lipinski definition) is 1. The van der Waals surface area contributed by atoms with Crippen molar-refractivity contribution in [1.82, 2.24) is 0 Å². The van der Waals surface area contributed by atoms with E-state index in [1.807, 2.05) is 6.08 Å². The van der Waals surface area contributed by atoms with Crippen LogP contribution in [0.2, 0.25) is 0 Å². The Hall–Kier alpha value is -0.560. The van der Waals surface area contributed by atoms with E-state index < -0.39 is 0 Å². The van der Waals surface area contributed by atoms with E-state index in [9.17, 15) is 5.11 Å². The van der Waals surface area contributed by atoms with E-state index in [1.54, 1.807) is 0 Å². The zero-order valence-corrected chi connectivity index (χ0v) is 15.0. The average molecular weight is 307 g/mol. The molecule has 1 heteroatoms. The van der Waals surface area contributed by atoms with Gasteiger partial charge in [0.1, 0.15) is 0 Å². The van der Waals surface area contributed by atoms with E-state index in [0.29, 0.717) is 0 Å². The first-order chi connectivity index (χ1) is 10.8. The zero-order chi connectivity index (χ0) is 16.0. The summed E-state index contributed by atoms with van der Waals surface area (Å²) >= 11 is 0. The fourth-order valence-corrected chi connectivity index (χ4v) is 3.11. The summed E-state index contributed by atoms with van der Waals surface area (Å²) in [4.78, 5) is 0. The van der Waals surface area contributed by atoms with Crippen molar-refractivity contribution >= 4 is 0 Å². The van der Waals surface area contributed by atoms with E-state index in [4.69, 9.17) is 0 Å². The molecular weight excluding hydrogens is 268 g/mol. The van der Waals surface area contributed by atoms with Crippen LogP contribution < -0.4 is 0 Å². The summed E-state index contributed by atoms with van der Waals surface area (Å²) in [7, 11) is 0. The van der Waals surface area contributed by atoms with Crippen LogP contribution in [-0.2, 0) is 0 Å². The molecule has 0 aromatic carbocycles. The standard InChI is InChI=1S/C21H38O/c1-3-5-7-9-10-11-14-19-18-20(19)15-13-17-21(22)16-12-8-6-4-2/h9-10,13,17,19-22H,3-8,11-12,14-16,18H2,1-2H3/b10-9-,17-13+/t19-,20+,21-/m1/s1. The molecule has 0 unspecified atom stereocenters. The Labute approximate surface area is 138 Å². The van der Waals surface area contributed by atoms with Gasteiger partial charge in [-0.2, -0.15) is 0 Å². The molecule has 1 N–H and O–H groups in total. The smallest absolute Gasteiger partial charge is 0.0720 e. The summed E-state index contributed by atoms with van der Waals surface area (Å²) in [5, 5.41) is 9.90. The zero-order valence-electron chi connectivity index (χ0n) is 15.0. The molecule has 0 spiro atoms. The fraction of sp³-hybridized carbons (Fsp3) is 0.810. The van der Waals surface area contributed by atoms with Gasteiger partial charge in [-0.25, -0.2) is 0 Å². The Balaban J connectivity index is 1.96. The van der Waals surface area contributed by atoms with Crippen molar-refractivity contribution in [3.05, 3.63) is 24.3 Å². The van der Waals surface area contributed by atoms with Gasteiger partial charge < -0.3 is 5.11 Å². The predicted octanol–water partition coefficient (Wildman–Crippen LogP) is 6.43. The van der Waals surface area contributed by atoms with Crippen LogP contribution in [-0.4, -0.2) is 11.2 Å². The molecule has 0 aromatic heterocycles. The summed E-state index contributed by atoms with van der Waals surface area (Å²) < 4.78 is 0. The van der Waals surface area contributed by atoms with Gasteiger partial charge in [0.05, 0.1) is 6.10 Å². The molecule has 0 saturated heterocycles. The largest absolute Gasteiger partial charge is 0.389 e. The van der Waals surface area contributed by atoms with E-state index in [1.165, 1.54) is 64.2 Å². The highest BCUT2D eigenvalue weighted by Crippen LogP contribution is 2.44. The number of aliphatic hydroxyl groups is 1. The van der Waals surface area contributed by atoms with Gasteiger partial charge in [-0.15, -0.1) is 0 Å². The maximum Gasteiger partial charge on any atom is 0.0720 e. The quantitative estimate of drug-likeness (QED) is 0.290. The average Bonchev–Trinajstić information content (AvgIpc) is 3.26. The van der Waals surface area contributed by atoms with Crippen LogP contribution >= 0.6 is 0 Å². The Morgan fingerprint density at radius 3 is 2.45 bits per heavy atom. The lowest BCUT2D eigenvalue weighted by atomic mass is 10.1. The van der Waals surface area contributed by atoms with Gasteiger partial charge in [-0.1, -0.05) is 76.7 Å². The summed E-state index contributed by atoms with van der Waals surface area (Å²) in [6.45, 7) is 4.47. The second kappa shape index (κ2) is 12.9. The molecule has 128 valence electrons.